The Labute approximate surface area is 117 Å². The van der Waals surface area contributed by atoms with E-state index in [0.717, 1.165) is 44.9 Å². The Bertz CT molecular complexity index is 187. The van der Waals surface area contributed by atoms with Crippen molar-refractivity contribution in [3.05, 3.63) is 0 Å². The lowest BCUT2D eigenvalue weighted by molar-refractivity contribution is 0.0411. The Morgan fingerprint density at radius 3 is 1.74 bits per heavy atom. The van der Waals surface area contributed by atoms with Crippen LogP contribution in [-0.2, 0) is 0 Å². The van der Waals surface area contributed by atoms with E-state index in [4.69, 9.17) is 15.3 Å². The molecule has 4 N–H and O–H groups in total. The van der Waals surface area contributed by atoms with E-state index in [9.17, 15) is 5.11 Å². The minimum absolute atomic E-state index is 0.133. The lowest BCUT2D eigenvalue weighted by Gasteiger charge is -2.19. The number of hydrogen-bond donors (Lipinski definition) is 4. The maximum atomic E-state index is 9.57. The first-order chi connectivity index (χ1) is 9.15. The van der Waals surface area contributed by atoms with Crippen LogP contribution in [-0.4, -0.2) is 45.8 Å². The van der Waals surface area contributed by atoms with Crippen LogP contribution in [0.3, 0.4) is 0 Å². The largest absolute Gasteiger partial charge is 0.394 e. The third kappa shape index (κ3) is 10.3. The van der Waals surface area contributed by atoms with Gasteiger partial charge in [-0.25, -0.2) is 0 Å². The van der Waals surface area contributed by atoms with Crippen LogP contribution in [0.4, 0.5) is 0 Å². The van der Waals surface area contributed by atoms with Gasteiger partial charge < -0.3 is 20.4 Å². The molecule has 0 saturated heterocycles. The van der Waals surface area contributed by atoms with Crippen LogP contribution < -0.4 is 0 Å². The lowest BCUT2D eigenvalue weighted by atomic mass is 9.93. The van der Waals surface area contributed by atoms with Crippen molar-refractivity contribution in [2.45, 2.75) is 76.9 Å². The molecule has 0 aliphatic heterocycles. The molecule has 4 nitrogen and oxygen atoms in total. The highest BCUT2D eigenvalue weighted by Gasteiger charge is 2.15. The fourth-order valence-electron chi connectivity index (χ4n) is 2.40. The molecule has 0 aromatic rings. The SMILES string of the molecule is CCC(CCCCCCCCC(O)CO)C(O)CO. The van der Waals surface area contributed by atoms with Gasteiger partial charge in [-0.15, -0.1) is 0 Å². The smallest absolute Gasteiger partial charge is 0.0798 e. The van der Waals surface area contributed by atoms with Crippen molar-refractivity contribution >= 4 is 0 Å². The highest BCUT2D eigenvalue weighted by molar-refractivity contribution is 4.66. The summed E-state index contributed by atoms with van der Waals surface area (Å²) in [6, 6.07) is 0. The maximum absolute atomic E-state index is 9.57. The van der Waals surface area contributed by atoms with Gasteiger partial charge in [0.05, 0.1) is 25.4 Å². The van der Waals surface area contributed by atoms with E-state index >= 15 is 0 Å². The fraction of sp³-hybridized carbons (Fsp3) is 1.00. The molecule has 3 atom stereocenters. The van der Waals surface area contributed by atoms with E-state index in [1.807, 2.05) is 0 Å². The molecule has 116 valence electrons. The molecule has 0 heterocycles. The summed E-state index contributed by atoms with van der Waals surface area (Å²) in [6.07, 6.45) is 8.18. The van der Waals surface area contributed by atoms with Gasteiger partial charge in [-0.3, -0.25) is 0 Å². The van der Waals surface area contributed by atoms with Crippen molar-refractivity contribution in [3.63, 3.8) is 0 Å². The molecule has 4 heteroatoms. The lowest BCUT2D eigenvalue weighted by Crippen LogP contribution is -2.23. The number of rotatable bonds is 13. The quantitative estimate of drug-likeness (QED) is 0.387. The van der Waals surface area contributed by atoms with Gasteiger partial charge >= 0.3 is 0 Å². The second kappa shape index (κ2) is 12.9. The number of aliphatic hydroxyl groups excluding tert-OH is 4. The van der Waals surface area contributed by atoms with Crippen molar-refractivity contribution in [1.82, 2.24) is 0 Å². The predicted octanol–water partition coefficient (Wildman–Crippen LogP) is 1.84. The van der Waals surface area contributed by atoms with Crippen LogP contribution in [0, 0.1) is 5.92 Å². The summed E-state index contributed by atoms with van der Waals surface area (Å²) < 4.78 is 0. The maximum Gasteiger partial charge on any atom is 0.0798 e. The second-order valence-corrected chi connectivity index (χ2v) is 5.45. The highest BCUT2D eigenvalue weighted by atomic mass is 16.3. The van der Waals surface area contributed by atoms with Crippen molar-refractivity contribution in [3.8, 4) is 0 Å². The molecule has 0 aromatic carbocycles. The summed E-state index contributed by atoms with van der Waals surface area (Å²) in [5.74, 6) is 0.227. The van der Waals surface area contributed by atoms with Crippen molar-refractivity contribution in [2.75, 3.05) is 13.2 Å². The third-order valence-corrected chi connectivity index (χ3v) is 3.83. The third-order valence-electron chi connectivity index (χ3n) is 3.83. The topological polar surface area (TPSA) is 80.9 Å². The first kappa shape index (κ1) is 18.8. The number of aliphatic hydroxyl groups is 4. The van der Waals surface area contributed by atoms with Gasteiger partial charge in [0.2, 0.25) is 0 Å². The van der Waals surface area contributed by atoms with Crippen LogP contribution in [0.1, 0.15) is 64.7 Å². The molecule has 0 fully saturated rings. The number of hydrogen-bond acceptors (Lipinski definition) is 4. The van der Waals surface area contributed by atoms with Gasteiger partial charge in [-0.05, 0) is 18.8 Å². The second-order valence-electron chi connectivity index (χ2n) is 5.45. The molecule has 19 heavy (non-hydrogen) atoms. The summed E-state index contributed by atoms with van der Waals surface area (Å²) >= 11 is 0. The summed E-state index contributed by atoms with van der Waals surface area (Å²) in [4.78, 5) is 0. The van der Waals surface area contributed by atoms with E-state index in [0.29, 0.717) is 6.42 Å². The van der Waals surface area contributed by atoms with Gasteiger partial charge in [0.1, 0.15) is 0 Å². The van der Waals surface area contributed by atoms with Gasteiger partial charge in [-0.1, -0.05) is 51.9 Å². The molecule has 0 aliphatic carbocycles. The molecule has 0 saturated carbocycles. The van der Waals surface area contributed by atoms with E-state index < -0.39 is 12.2 Å². The number of unbranched alkanes of at least 4 members (excludes halogenated alkanes) is 5. The minimum atomic E-state index is -0.565. The minimum Gasteiger partial charge on any atom is -0.394 e. The molecule has 0 bridgehead atoms. The van der Waals surface area contributed by atoms with Gasteiger partial charge in [-0.2, -0.15) is 0 Å². The Morgan fingerprint density at radius 2 is 1.26 bits per heavy atom. The molecule has 0 aliphatic rings. The Balaban J connectivity index is 3.35. The van der Waals surface area contributed by atoms with E-state index in [2.05, 4.69) is 6.92 Å². The Hall–Kier alpha value is -0.160. The summed E-state index contributed by atoms with van der Waals surface area (Å²) in [6.45, 7) is 1.79. The molecule has 0 radical (unpaired) electrons. The van der Waals surface area contributed by atoms with E-state index in [1.54, 1.807) is 0 Å². The predicted molar refractivity (Wildman–Crippen MR) is 76.9 cm³/mol. The first-order valence-corrected chi connectivity index (χ1v) is 7.73. The Kier molecular flexibility index (Phi) is 12.7. The van der Waals surface area contributed by atoms with Crippen molar-refractivity contribution in [2.24, 2.45) is 5.92 Å². The van der Waals surface area contributed by atoms with E-state index in [-0.39, 0.29) is 19.1 Å². The fourth-order valence-corrected chi connectivity index (χ4v) is 2.40. The molecule has 0 spiro atoms. The standard InChI is InChI=1S/C15H32O4/c1-2-13(15(19)12-17)9-7-5-3-4-6-8-10-14(18)11-16/h13-19H,2-12H2,1H3. The molecular weight excluding hydrogens is 244 g/mol. The van der Waals surface area contributed by atoms with Crippen LogP contribution in [0.25, 0.3) is 0 Å². The zero-order valence-electron chi connectivity index (χ0n) is 12.3. The summed E-state index contributed by atoms with van der Waals surface area (Å²) in [7, 11) is 0. The molecule has 3 unspecified atom stereocenters. The van der Waals surface area contributed by atoms with Crippen LogP contribution in [0.15, 0.2) is 0 Å². The highest BCUT2D eigenvalue weighted by Crippen LogP contribution is 2.18. The summed E-state index contributed by atoms with van der Waals surface area (Å²) in [5, 5.41) is 36.3. The zero-order valence-corrected chi connectivity index (χ0v) is 12.3. The average Bonchev–Trinajstić information content (AvgIpc) is 2.44. The molecule has 0 amide bonds. The zero-order chi connectivity index (χ0) is 14.5. The normalized spacial score (nSPS) is 16.3. The molecule has 0 rings (SSSR count). The van der Waals surface area contributed by atoms with Gasteiger partial charge in [0.15, 0.2) is 0 Å². The van der Waals surface area contributed by atoms with Crippen LogP contribution in [0.5, 0.6) is 0 Å². The van der Waals surface area contributed by atoms with Crippen molar-refractivity contribution < 1.29 is 20.4 Å². The molecular formula is C15H32O4. The summed E-state index contributed by atoms with van der Waals surface area (Å²) in [5.41, 5.74) is 0. The van der Waals surface area contributed by atoms with E-state index in [1.165, 1.54) is 6.42 Å². The van der Waals surface area contributed by atoms with Crippen LogP contribution in [0.2, 0.25) is 0 Å². The van der Waals surface area contributed by atoms with Gasteiger partial charge in [0.25, 0.3) is 0 Å². The monoisotopic (exact) mass is 276 g/mol. The van der Waals surface area contributed by atoms with Crippen molar-refractivity contribution in [1.29, 1.82) is 0 Å². The Morgan fingerprint density at radius 1 is 0.737 bits per heavy atom. The van der Waals surface area contributed by atoms with Crippen LogP contribution >= 0.6 is 0 Å². The van der Waals surface area contributed by atoms with Gasteiger partial charge in [0, 0.05) is 0 Å². The molecule has 0 aromatic heterocycles. The first-order valence-electron chi connectivity index (χ1n) is 7.73. The average molecular weight is 276 g/mol.